The Morgan fingerprint density at radius 1 is 1.35 bits per heavy atom. The number of amides is 2. The van der Waals surface area contributed by atoms with E-state index in [2.05, 4.69) is 16.9 Å². The Bertz CT molecular complexity index is 797. The Morgan fingerprint density at radius 2 is 2.19 bits per heavy atom. The van der Waals surface area contributed by atoms with Gasteiger partial charge in [0.15, 0.2) is 0 Å². The molecule has 7 heteroatoms. The van der Waals surface area contributed by atoms with Crippen LogP contribution in [-0.4, -0.2) is 61.3 Å². The lowest BCUT2D eigenvalue weighted by Crippen LogP contribution is -2.44. The van der Waals surface area contributed by atoms with Crippen LogP contribution in [0.3, 0.4) is 0 Å². The zero-order chi connectivity index (χ0) is 18.3. The van der Waals surface area contributed by atoms with Crippen molar-refractivity contribution in [1.82, 2.24) is 24.3 Å². The summed E-state index contributed by atoms with van der Waals surface area (Å²) in [6, 6.07) is 4.24. The van der Waals surface area contributed by atoms with E-state index in [0.717, 1.165) is 25.1 Å². The molecule has 26 heavy (non-hydrogen) atoms. The van der Waals surface area contributed by atoms with Gasteiger partial charge in [0.25, 0.3) is 5.91 Å². The first kappa shape index (κ1) is 16.9. The van der Waals surface area contributed by atoms with Gasteiger partial charge in [-0.25, -0.2) is 4.98 Å². The van der Waals surface area contributed by atoms with E-state index in [-0.39, 0.29) is 23.9 Å². The molecule has 2 aromatic heterocycles. The number of nitrogens with zero attached hydrogens (tertiary/aromatic N) is 4. The number of carbonyl (C=O) groups is 2. The minimum absolute atomic E-state index is 0.0220. The van der Waals surface area contributed by atoms with E-state index in [0.29, 0.717) is 24.6 Å². The summed E-state index contributed by atoms with van der Waals surface area (Å²) in [5.74, 6) is 0.519. The second-order valence-electron chi connectivity index (χ2n) is 7.54. The molecule has 3 atom stereocenters. The van der Waals surface area contributed by atoms with Gasteiger partial charge in [-0.05, 0) is 31.9 Å². The van der Waals surface area contributed by atoms with Gasteiger partial charge in [-0.15, -0.1) is 0 Å². The zero-order valence-corrected chi connectivity index (χ0v) is 15.3. The normalized spacial score (nSPS) is 24.9. The zero-order valence-electron chi connectivity index (χ0n) is 15.3. The van der Waals surface area contributed by atoms with Crippen LogP contribution in [0.1, 0.15) is 35.9 Å². The van der Waals surface area contributed by atoms with Crippen molar-refractivity contribution in [2.45, 2.75) is 38.3 Å². The van der Waals surface area contributed by atoms with Crippen LogP contribution in [0, 0.1) is 5.92 Å². The van der Waals surface area contributed by atoms with E-state index in [1.807, 2.05) is 35.2 Å². The molecule has 1 N–H and O–H groups in total. The fraction of sp³-hybridized carbons (Fsp3) is 0.526. The first-order valence-electron chi connectivity index (χ1n) is 9.23. The van der Waals surface area contributed by atoms with Crippen molar-refractivity contribution in [2.75, 3.05) is 13.1 Å². The van der Waals surface area contributed by atoms with Crippen molar-refractivity contribution in [2.24, 2.45) is 13.0 Å². The summed E-state index contributed by atoms with van der Waals surface area (Å²) in [5.41, 5.74) is 1.56. The summed E-state index contributed by atoms with van der Waals surface area (Å²) >= 11 is 0. The number of aryl methyl sites for hydroxylation is 2. The molecule has 2 fully saturated rings. The van der Waals surface area contributed by atoms with Gasteiger partial charge in [0.1, 0.15) is 5.69 Å². The fourth-order valence-corrected chi connectivity index (χ4v) is 4.41. The summed E-state index contributed by atoms with van der Waals surface area (Å²) in [4.78, 5) is 36.7. The van der Waals surface area contributed by atoms with Crippen LogP contribution in [0.4, 0.5) is 0 Å². The van der Waals surface area contributed by atoms with E-state index in [9.17, 15) is 9.59 Å². The number of H-pyrrole nitrogens is 1. The third kappa shape index (κ3) is 3.02. The maximum Gasteiger partial charge on any atom is 0.274 e. The second-order valence-corrected chi connectivity index (χ2v) is 7.54. The molecule has 0 radical (unpaired) electrons. The quantitative estimate of drug-likeness (QED) is 0.902. The van der Waals surface area contributed by atoms with Crippen LogP contribution in [0.15, 0.2) is 30.9 Å². The summed E-state index contributed by atoms with van der Waals surface area (Å²) < 4.78 is 1.79. The largest absolute Gasteiger partial charge is 0.365 e. The first-order chi connectivity index (χ1) is 12.5. The Hall–Kier alpha value is -2.57. The van der Waals surface area contributed by atoms with Crippen molar-refractivity contribution >= 4 is 11.8 Å². The molecule has 0 aromatic carbocycles. The molecule has 0 bridgehead atoms. The van der Waals surface area contributed by atoms with Crippen molar-refractivity contribution < 1.29 is 9.59 Å². The predicted molar refractivity (Wildman–Crippen MR) is 96.4 cm³/mol. The SMILES string of the molecule is C[C@@H]1C[C@H]2CN(C(=O)CCc3ccc[nH]3)C[C@H]2N1C(=O)c1cn(C)cn1. The van der Waals surface area contributed by atoms with Crippen molar-refractivity contribution in [3.63, 3.8) is 0 Å². The summed E-state index contributed by atoms with van der Waals surface area (Å²) in [6.07, 6.45) is 7.47. The molecule has 0 unspecified atom stereocenters. The Labute approximate surface area is 153 Å². The van der Waals surface area contributed by atoms with Crippen LogP contribution < -0.4 is 0 Å². The number of likely N-dealkylation sites (tertiary alicyclic amines) is 2. The Kier molecular flexibility index (Phi) is 4.30. The van der Waals surface area contributed by atoms with E-state index >= 15 is 0 Å². The number of hydrogen-bond donors (Lipinski definition) is 1. The van der Waals surface area contributed by atoms with Gasteiger partial charge < -0.3 is 19.4 Å². The van der Waals surface area contributed by atoms with Gasteiger partial charge in [0.2, 0.25) is 5.91 Å². The van der Waals surface area contributed by atoms with Crippen LogP contribution in [0.5, 0.6) is 0 Å². The van der Waals surface area contributed by atoms with Crippen LogP contribution >= 0.6 is 0 Å². The Balaban J connectivity index is 1.41. The number of nitrogens with one attached hydrogen (secondary N) is 1. The molecule has 0 saturated carbocycles. The van der Waals surface area contributed by atoms with Crippen LogP contribution in [-0.2, 0) is 18.3 Å². The van der Waals surface area contributed by atoms with Crippen molar-refractivity contribution in [3.05, 3.63) is 42.2 Å². The van der Waals surface area contributed by atoms with Crippen LogP contribution in [0.2, 0.25) is 0 Å². The molecule has 7 nitrogen and oxygen atoms in total. The number of rotatable bonds is 4. The average Bonchev–Trinajstić information content (AvgIpc) is 3.36. The molecule has 0 aliphatic carbocycles. The van der Waals surface area contributed by atoms with E-state index in [1.54, 1.807) is 17.1 Å². The molecule has 4 rings (SSSR count). The third-order valence-electron chi connectivity index (χ3n) is 5.66. The highest BCUT2D eigenvalue weighted by atomic mass is 16.2. The number of carbonyl (C=O) groups excluding carboxylic acids is 2. The number of hydrogen-bond acceptors (Lipinski definition) is 3. The number of aromatic nitrogens is 3. The van der Waals surface area contributed by atoms with Crippen molar-refractivity contribution in [1.29, 1.82) is 0 Å². The lowest BCUT2D eigenvalue weighted by Gasteiger charge is -2.28. The van der Waals surface area contributed by atoms with Gasteiger partial charge in [-0.1, -0.05) is 0 Å². The maximum atomic E-state index is 12.9. The number of imidazole rings is 1. The summed E-state index contributed by atoms with van der Waals surface area (Å²) in [7, 11) is 1.86. The molecule has 2 aliphatic heterocycles. The topological polar surface area (TPSA) is 74.2 Å². The first-order valence-corrected chi connectivity index (χ1v) is 9.23. The minimum Gasteiger partial charge on any atom is -0.365 e. The maximum absolute atomic E-state index is 12.9. The molecular weight excluding hydrogens is 330 g/mol. The van der Waals surface area contributed by atoms with Gasteiger partial charge in [-0.3, -0.25) is 9.59 Å². The monoisotopic (exact) mass is 355 g/mol. The van der Waals surface area contributed by atoms with E-state index in [1.165, 1.54) is 0 Å². The van der Waals surface area contributed by atoms with Crippen molar-refractivity contribution in [3.8, 4) is 0 Å². The van der Waals surface area contributed by atoms with Gasteiger partial charge in [0.05, 0.1) is 12.4 Å². The molecular formula is C19H25N5O2. The average molecular weight is 355 g/mol. The minimum atomic E-state index is -0.0220. The highest BCUT2D eigenvalue weighted by molar-refractivity contribution is 5.93. The molecule has 4 heterocycles. The lowest BCUT2D eigenvalue weighted by atomic mass is 10.0. The van der Waals surface area contributed by atoms with Crippen LogP contribution in [0.25, 0.3) is 0 Å². The highest BCUT2D eigenvalue weighted by Crippen LogP contribution is 2.36. The molecule has 2 aliphatic rings. The summed E-state index contributed by atoms with van der Waals surface area (Å²) in [6.45, 7) is 3.48. The predicted octanol–water partition coefficient (Wildman–Crippen LogP) is 1.44. The third-order valence-corrected chi connectivity index (χ3v) is 5.66. The molecule has 2 amide bonds. The van der Waals surface area contributed by atoms with E-state index < -0.39 is 0 Å². The molecule has 2 saturated heterocycles. The standard InChI is InChI=1S/C19H25N5O2/c1-13-8-14-9-23(18(25)6-5-15-4-3-7-20-15)11-17(14)24(13)19(26)16-10-22(2)12-21-16/h3-4,7,10,12-14,17,20H,5-6,8-9,11H2,1-2H3/t13-,14+,17-/m1/s1. The highest BCUT2D eigenvalue weighted by Gasteiger charge is 2.48. The second kappa shape index (κ2) is 6.63. The Morgan fingerprint density at radius 3 is 2.88 bits per heavy atom. The molecule has 138 valence electrons. The van der Waals surface area contributed by atoms with Gasteiger partial charge in [-0.2, -0.15) is 0 Å². The van der Waals surface area contributed by atoms with Gasteiger partial charge >= 0.3 is 0 Å². The summed E-state index contributed by atoms with van der Waals surface area (Å²) in [5, 5.41) is 0. The van der Waals surface area contributed by atoms with E-state index in [4.69, 9.17) is 0 Å². The molecule has 0 spiro atoms. The number of aromatic amines is 1. The number of fused-ring (bicyclic) bond motifs is 1. The lowest BCUT2D eigenvalue weighted by molar-refractivity contribution is -0.130. The fourth-order valence-electron chi connectivity index (χ4n) is 4.41. The van der Waals surface area contributed by atoms with Gasteiger partial charge in [0, 0.05) is 56.6 Å². The smallest absolute Gasteiger partial charge is 0.274 e. The molecule has 2 aromatic rings.